The number of hydrogen-bond donors (Lipinski definition) is 2. The Morgan fingerprint density at radius 1 is 1.45 bits per heavy atom. The summed E-state index contributed by atoms with van der Waals surface area (Å²) in [6, 6.07) is 0. The highest BCUT2D eigenvalue weighted by Crippen LogP contribution is 2.33. The number of carbonyl (C=O) groups excluding carboxylic acids is 1. The summed E-state index contributed by atoms with van der Waals surface area (Å²) in [6.07, 6.45) is 6.67. The summed E-state index contributed by atoms with van der Waals surface area (Å²) < 4.78 is 5.32. The molecule has 2 aliphatic rings. The minimum atomic E-state index is -0.250. The van der Waals surface area contributed by atoms with Gasteiger partial charge in [0.15, 0.2) is 0 Å². The quantitative estimate of drug-likeness (QED) is 0.726. The van der Waals surface area contributed by atoms with Gasteiger partial charge in [0.2, 0.25) is 5.91 Å². The van der Waals surface area contributed by atoms with E-state index in [1.807, 2.05) is 0 Å². The zero-order valence-electron chi connectivity index (χ0n) is 13.8. The molecular formula is C16H30N2O4. The van der Waals surface area contributed by atoms with Crippen molar-refractivity contribution in [3.63, 3.8) is 0 Å². The van der Waals surface area contributed by atoms with Crippen LogP contribution in [0.3, 0.4) is 0 Å². The molecule has 1 saturated heterocycles. The van der Waals surface area contributed by atoms with Crippen molar-refractivity contribution in [2.45, 2.75) is 51.0 Å². The summed E-state index contributed by atoms with van der Waals surface area (Å²) in [7, 11) is 2.18. The van der Waals surface area contributed by atoms with Gasteiger partial charge in [-0.25, -0.2) is 0 Å². The third kappa shape index (κ3) is 5.57. The van der Waals surface area contributed by atoms with Gasteiger partial charge in [-0.2, -0.15) is 0 Å². The first-order valence-corrected chi connectivity index (χ1v) is 8.21. The minimum Gasteiger partial charge on any atom is -0.483 e. The molecule has 128 valence electrons. The molecule has 1 unspecified atom stereocenters. The van der Waals surface area contributed by atoms with Crippen LogP contribution in [0.1, 0.15) is 45.4 Å². The van der Waals surface area contributed by atoms with Crippen molar-refractivity contribution >= 4 is 12.4 Å². The fourth-order valence-corrected chi connectivity index (χ4v) is 3.40. The van der Waals surface area contributed by atoms with Crippen LogP contribution in [0.15, 0.2) is 0 Å². The van der Waals surface area contributed by atoms with Gasteiger partial charge in [0, 0.05) is 31.7 Å². The summed E-state index contributed by atoms with van der Waals surface area (Å²) in [5.74, 6) is 0.634. The van der Waals surface area contributed by atoms with Crippen molar-refractivity contribution in [2.75, 3.05) is 33.4 Å². The van der Waals surface area contributed by atoms with Crippen molar-refractivity contribution in [3.8, 4) is 0 Å². The second kappa shape index (κ2) is 9.79. The number of nitrogens with one attached hydrogen (secondary N) is 1. The monoisotopic (exact) mass is 314 g/mol. The van der Waals surface area contributed by atoms with E-state index in [4.69, 9.17) is 14.6 Å². The van der Waals surface area contributed by atoms with Gasteiger partial charge >= 0.3 is 0 Å². The number of nitrogens with zero attached hydrogens (tertiary/aromatic N) is 1. The van der Waals surface area contributed by atoms with Crippen LogP contribution in [0.2, 0.25) is 0 Å². The van der Waals surface area contributed by atoms with E-state index in [1.165, 1.54) is 25.7 Å². The van der Waals surface area contributed by atoms with Crippen molar-refractivity contribution in [1.29, 1.82) is 0 Å². The minimum absolute atomic E-state index is 0.200. The summed E-state index contributed by atoms with van der Waals surface area (Å²) in [5.41, 5.74) is 0.205. The van der Waals surface area contributed by atoms with Gasteiger partial charge in [-0.05, 0) is 38.8 Å². The van der Waals surface area contributed by atoms with E-state index in [1.54, 1.807) is 0 Å². The molecule has 2 rings (SSSR count). The lowest BCUT2D eigenvalue weighted by Crippen LogP contribution is -2.52. The predicted molar refractivity (Wildman–Crippen MR) is 84.7 cm³/mol. The fourth-order valence-electron chi connectivity index (χ4n) is 3.40. The largest absolute Gasteiger partial charge is 0.483 e. The Morgan fingerprint density at radius 3 is 2.59 bits per heavy atom. The average molecular weight is 314 g/mol. The molecule has 2 fully saturated rings. The van der Waals surface area contributed by atoms with Crippen LogP contribution in [-0.4, -0.2) is 61.3 Å². The summed E-state index contributed by atoms with van der Waals surface area (Å²) in [6.45, 7) is 5.38. The normalized spacial score (nSPS) is 23.0. The maximum Gasteiger partial charge on any atom is 0.290 e. The van der Waals surface area contributed by atoms with Crippen LogP contribution in [0, 0.1) is 5.92 Å². The predicted octanol–water partition coefficient (Wildman–Crippen LogP) is 1.49. The smallest absolute Gasteiger partial charge is 0.290 e. The molecule has 1 saturated carbocycles. The van der Waals surface area contributed by atoms with Gasteiger partial charge in [0.25, 0.3) is 6.47 Å². The molecule has 0 radical (unpaired) electrons. The van der Waals surface area contributed by atoms with E-state index < -0.39 is 0 Å². The highest BCUT2D eigenvalue weighted by atomic mass is 16.5. The Morgan fingerprint density at radius 2 is 2.09 bits per heavy atom. The van der Waals surface area contributed by atoms with Crippen molar-refractivity contribution < 1.29 is 19.4 Å². The number of hydrogen-bond acceptors (Lipinski definition) is 4. The van der Waals surface area contributed by atoms with E-state index in [9.17, 15) is 4.79 Å². The highest BCUT2D eigenvalue weighted by Gasteiger charge is 2.37. The highest BCUT2D eigenvalue weighted by molar-refractivity contribution is 5.76. The number of likely N-dealkylation sites (N-methyl/N-ethyl adjacent to an activating group) is 1. The van der Waals surface area contributed by atoms with Crippen molar-refractivity contribution in [1.82, 2.24) is 10.2 Å². The zero-order valence-corrected chi connectivity index (χ0v) is 13.8. The fraction of sp³-hybridized carbons (Fsp3) is 0.875. The second-order valence-electron chi connectivity index (χ2n) is 6.26. The Kier molecular flexibility index (Phi) is 8.42. The summed E-state index contributed by atoms with van der Waals surface area (Å²) >= 11 is 0. The Balaban J connectivity index is 0.000000745. The first-order chi connectivity index (χ1) is 10.6. The van der Waals surface area contributed by atoms with Gasteiger partial charge in [0.1, 0.15) is 0 Å². The van der Waals surface area contributed by atoms with E-state index in [0.29, 0.717) is 12.3 Å². The van der Waals surface area contributed by atoms with Gasteiger partial charge in [-0.1, -0.05) is 19.8 Å². The van der Waals surface area contributed by atoms with E-state index >= 15 is 0 Å². The molecule has 0 aromatic heterocycles. The molecule has 1 atom stereocenters. The molecule has 0 aromatic rings. The number of amides is 1. The average Bonchev–Trinajstić information content (AvgIpc) is 3.17. The van der Waals surface area contributed by atoms with Crippen LogP contribution in [-0.2, 0) is 14.3 Å². The van der Waals surface area contributed by atoms with Crippen LogP contribution in [0.25, 0.3) is 0 Å². The van der Waals surface area contributed by atoms with E-state index in [-0.39, 0.29) is 17.9 Å². The standard InChI is InChI=1S/C15H28N2O2.CH2O2/c1-3-17(2)15(7-4-5-8-15)12-16-14(18)10-13-6-9-19-11-13;2-1-3/h13H,3-12H2,1-2H3,(H,16,18);1H,(H,2,3). The van der Waals surface area contributed by atoms with Gasteiger partial charge in [0.05, 0.1) is 0 Å². The lowest BCUT2D eigenvalue weighted by Gasteiger charge is -2.38. The molecule has 6 nitrogen and oxygen atoms in total. The molecule has 1 aliphatic heterocycles. The molecule has 1 aliphatic carbocycles. The molecule has 6 heteroatoms. The van der Waals surface area contributed by atoms with Gasteiger partial charge in [-0.15, -0.1) is 0 Å². The maximum absolute atomic E-state index is 12.0. The molecule has 1 amide bonds. The summed E-state index contributed by atoms with van der Waals surface area (Å²) in [4.78, 5) is 22.8. The number of carboxylic acid groups (broad SMARTS) is 1. The van der Waals surface area contributed by atoms with E-state index in [0.717, 1.165) is 32.7 Å². The molecule has 0 spiro atoms. The molecule has 2 N–H and O–H groups in total. The van der Waals surface area contributed by atoms with E-state index in [2.05, 4.69) is 24.2 Å². The number of rotatable bonds is 6. The molecule has 1 heterocycles. The Hall–Kier alpha value is -1.14. The molecule has 0 aromatic carbocycles. The van der Waals surface area contributed by atoms with Crippen LogP contribution < -0.4 is 5.32 Å². The molecule has 0 bridgehead atoms. The molecular weight excluding hydrogens is 284 g/mol. The number of ether oxygens (including phenoxy) is 1. The van der Waals surface area contributed by atoms with Gasteiger partial charge < -0.3 is 15.2 Å². The van der Waals surface area contributed by atoms with Crippen molar-refractivity contribution in [3.05, 3.63) is 0 Å². The van der Waals surface area contributed by atoms with Crippen LogP contribution in [0.4, 0.5) is 0 Å². The maximum atomic E-state index is 12.0. The summed E-state index contributed by atoms with van der Waals surface area (Å²) in [5, 5.41) is 10.1. The van der Waals surface area contributed by atoms with Gasteiger partial charge in [-0.3, -0.25) is 14.5 Å². The first-order valence-electron chi connectivity index (χ1n) is 8.21. The Bertz CT molecular complexity index is 337. The lowest BCUT2D eigenvalue weighted by molar-refractivity contribution is -0.123. The number of carbonyl (C=O) groups is 2. The van der Waals surface area contributed by atoms with Crippen molar-refractivity contribution in [2.24, 2.45) is 5.92 Å². The van der Waals surface area contributed by atoms with Crippen LogP contribution >= 0.6 is 0 Å². The van der Waals surface area contributed by atoms with Crippen LogP contribution in [0.5, 0.6) is 0 Å². The third-order valence-electron chi connectivity index (χ3n) is 4.93. The Labute approximate surface area is 133 Å². The lowest BCUT2D eigenvalue weighted by atomic mass is 9.95. The third-order valence-corrected chi connectivity index (χ3v) is 4.93. The zero-order chi connectivity index (χ0) is 16.4. The second-order valence-corrected chi connectivity index (χ2v) is 6.26. The SMILES string of the molecule is CCN(C)C1(CNC(=O)CC2CCOC2)CCCC1.O=CO. The topological polar surface area (TPSA) is 78.9 Å². The molecule has 22 heavy (non-hydrogen) atoms. The first kappa shape index (κ1) is 18.9.